The van der Waals surface area contributed by atoms with Crippen LogP contribution in [0.3, 0.4) is 0 Å². The molecule has 1 aromatic carbocycles. The number of aryl methyl sites for hydroxylation is 1. The fraction of sp³-hybridized carbons (Fsp3) is 0.462. The first-order valence-corrected chi connectivity index (χ1v) is 13.6. The number of carbonyl (C=O) groups is 1. The number of aliphatic hydroxyl groups is 1. The largest absolute Gasteiger partial charge is 0.494 e. The molecule has 0 atom stereocenters. The van der Waals surface area contributed by atoms with Gasteiger partial charge in [0.15, 0.2) is 11.5 Å². The third kappa shape index (κ3) is 4.86. The number of ether oxygens (including phenoxy) is 1. The molecule has 4 heterocycles. The van der Waals surface area contributed by atoms with Crippen LogP contribution in [0.5, 0.6) is 5.75 Å². The van der Waals surface area contributed by atoms with E-state index in [0.717, 1.165) is 47.6 Å². The number of carbonyl (C=O) groups excluding carboxylic acids is 1. The lowest BCUT2D eigenvalue weighted by Gasteiger charge is -2.36. The first-order valence-electron chi connectivity index (χ1n) is 12.8. The number of nitrogens with zero attached hydrogens (tertiary/aromatic N) is 7. The van der Waals surface area contributed by atoms with E-state index in [1.807, 2.05) is 44.9 Å². The Balaban J connectivity index is 1.43. The molecule has 0 spiro atoms. The quantitative estimate of drug-likeness (QED) is 0.465. The summed E-state index contributed by atoms with van der Waals surface area (Å²) < 4.78 is 5.72. The van der Waals surface area contributed by atoms with E-state index in [4.69, 9.17) is 9.72 Å². The number of benzene rings is 1. The highest BCUT2D eigenvalue weighted by atomic mass is 32.1. The van der Waals surface area contributed by atoms with Crippen molar-refractivity contribution in [3.05, 3.63) is 35.1 Å². The van der Waals surface area contributed by atoms with Gasteiger partial charge in [-0.25, -0.2) is 9.97 Å². The second kappa shape index (κ2) is 10.7. The Bertz CT molecular complexity index is 1320. The molecule has 2 aromatic heterocycles. The fourth-order valence-electron chi connectivity index (χ4n) is 4.93. The van der Waals surface area contributed by atoms with Crippen LogP contribution in [-0.4, -0.2) is 90.4 Å². The summed E-state index contributed by atoms with van der Waals surface area (Å²) in [5.74, 6) is 1.57. The van der Waals surface area contributed by atoms with Gasteiger partial charge in [0.25, 0.3) is 5.91 Å². The number of thiazole rings is 1. The van der Waals surface area contributed by atoms with Gasteiger partial charge >= 0.3 is 0 Å². The average molecular weight is 539 g/mol. The molecule has 1 amide bonds. The molecule has 5 rings (SSSR count). The van der Waals surface area contributed by atoms with Crippen LogP contribution in [0.2, 0.25) is 0 Å². The Morgan fingerprint density at radius 1 is 1.18 bits per heavy atom. The predicted molar refractivity (Wildman–Crippen MR) is 151 cm³/mol. The summed E-state index contributed by atoms with van der Waals surface area (Å²) in [4.78, 5) is 35.5. The highest BCUT2D eigenvalue weighted by Crippen LogP contribution is 2.42. The summed E-state index contributed by atoms with van der Waals surface area (Å²) in [6, 6.07) is 5.96. The van der Waals surface area contributed by atoms with Crippen molar-refractivity contribution in [2.75, 3.05) is 73.5 Å². The van der Waals surface area contributed by atoms with Gasteiger partial charge in [0.2, 0.25) is 5.95 Å². The number of hydrogen-bond donors (Lipinski definition) is 2. The van der Waals surface area contributed by atoms with E-state index < -0.39 is 0 Å². The molecule has 3 aromatic rings. The van der Waals surface area contributed by atoms with E-state index in [0.29, 0.717) is 35.4 Å². The zero-order valence-corrected chi connectivity index (χ0v) is 23.2. The first-order chi connectivity index (χ1) is 18.3. The topological polar surface area (TPSA) is 110 Å². The number of β-amino-alcohol motifs (C(OH)–C–C–N with tert-alkyl or cyclic N) is 1. The molecule has 0 aliphatic carbocycles. The van der Waals surface area contributed by atoms with Crippen molar-refractivity contribution in [1.82, 2.24) is 19.9 Å². The zero-order chi connectivity index (χ0) is 27.0. The van der Waals surface area contributed by atoms with E-state index in [9.17, 15) is 9.90 Å². The minimum absolute atomic E-state index is 0.0943. The molecule has 0 saturated carbocycles. The van der Waals surface area contributed by atoms with Crippen LogP contribution in [0, 0.1) is 6.92 Å². The summed E-state index contributed by atoms with van der Waals surface area (Å²) in [6.45, 7) is 10.3. The Labute approximate surface area is 226 Å². The van der Waals surface area contributed by atoms with Crippen molar-refractivity contribution in [2.24, 2.45) is 0 Å². The summed E-state index contributed by atoms with van der Waals surface area (Å²) in [5, 5.41) is 14.1. The average Bonchev–Trinajstić information content (AvgIpc) is 3.28. The Kier molecular flexibility index (Phi) is 7.37. The molecule has 12 heteroatoms. The van der Waals surface area contributed by atoms with Crippen molar-refractivity contribution < 1.29 is 14.6 Å². The number of amides is 1. The van der Waals surface area contributed by atoms with Gasteiger partial charge in [-0.1, -0.05) is 0 Å². The Morgan fingerprint density at radius 2 is 1.95 bits per heavy atom. The molecule has 0 bridgehead atoms. The second-order valence-corrected chi connectivity index (χ2v) is 10.9. The summed E-state index contributed by atoms with van der Waals surface area (Å²) >= 11 is 1.47. The summed E-state index contributed by atoms with van der Waals surface area (Å²) in [5.41, 5.74) is 2.91. The number of nitrogens with one attached hydrogen (secondary N) is 1. The molecule has 2 aliphatic heterocycles. The Hall–Kier alpha value is -3.48. The van der Waals surface area contributed by atoms with Crippen LogP contribution in [0.4, 0.5) is 33.8 Å². The second-order valence-electron chi connectivity index (χ2n) is 9.68. The van der Waals surface area contributed by atoms with Crippen molar-refractivity contribution in [2.45, 2.75) is 26.8 Å². The van der Waals surface area contributed by atoms with E-state index in [1.54, 1.807) is 18.2 Å². The van der Waals surface area contributed by atoms with Crippen LogP contribution in [-0.2, 0) is 0 Å². The van der Waals surface area contributed by atoms with Gasteiger partial charge < -0.3 is 25.0 Å². The van der Waals surface area contributed by atoms with Gasteiger partial charge in [-0.05, 0) is 32.9 Å². The molecule has 2 aliphatic rings. The predicted octanol–water partition coefficient (Wildman–Crippen LogP) is 3.24. The van der Waals surface area contributed by atoms with Gasteiger partial charge in [-0.15, -0.1) is 11.3 Å². The van der Waals surface area contributed by atoms with Crippen LogP contribution in [0.25, 0.3) is 0 Å². The molecular weight excluding hydrogens is 504 g/mol. The van der Waals surface area contributed by atoms with Crippen LogP contribution < -0.4 is 24.8 Å². The van der Waals surface area contributed by atoms with Crippen molar-refractivity contribution in [1.29, 1.82) is 0 Å². The molecule has 0 radical (unpaired) electrons. The SMILES string of the molecule is COc1cc(N2CCN(CCO)CC2)ccc1Nc1ncc2c(n1)N(C)c1sc(C)nc1C(=O)N2C(C)C. The lowest BCUT2D eigenvalue weighted by molar-refractivity contribution is 0.0977. The molecule has 1 fully saturated rings. The smallest absolute Gasteiger partial charge is 0.280 e. The van der Waals surface area contributed by atoms with E-state index >= 15 is 0 Å². The number of aliphatic hydroxyl groups excluding tert-OH is 1. The van der Waals surface area contributed by atoms with Gasteiger partial charge in [0, 0.05) is 57.6 Å². The zero-order valence-electron chi connectivity index (χ0n) is 22.4. The molecule has 11 nitrogen and oxygen atoms in total. The number of rotatable bonds is 7. The van der Waals surface area contributed by atoms with Gasteiger partial charge in [-0.2, -0.15) is 4.98 Å². The number of fused-ring (bicyclic) bond motifs is 2. The van der Waals surface area contributed by atoms with Gasteiger partial charge in [0.1, 0.15) is 16.4 Å². The molecule has 38 heavy (non-hydrogen) atoms. The maximum absolute atomic E-state index is 13.4. The standard InChI is InChI=1S/C26H34N8O3S/c1-16(2)34-20-15-27-26(30-23(20)31(4)25-22(24(34)36)28-17(3)38-25)29-19-7-6-18(14-21(19)37-5)33-10-8-32(9-11-33)12-13-35/h6-7,14-16,35H,8-13H2,1-5H3,(H,27,29,30). The number of anilines is 6. The third-order valence-corrected chi connectivity index (χ3v) is 7.92. The number of piperazine rings is 1. The number of aromatic nitrogens is 3. The molecule has 1 saturated heterocycles. The summed E-state index contributed by atoms with van der Waals surface area (Å²) in [7, 11) is 3.55. The summed E-state index contributed by atoms with van der Waals surface area (Å²) in [6.07, 6.45) is 1.69. The van der Waals surface area contributed by atoms with Crippen molar-refractivity contribution in [3.8, 4) is 5.75 Å². The van der Waals surface area contributed by atoms with Crippen molar-refractivity contribution >= 4 is 51.1 Å². The van der Waals surface area contributed by atoms with Gasteiger partial charge in [-0.3, -0.25) is 14.6 Å². The van der Waals surface area contributed by atoms with E-state index in [2.05, 4.69) is 31.2 Å². The maximum atomic E-state index is 13.4. The maximum Gasteiger partial charge on any atom is 0.280 e. The minimum Gasteiger partial charge on any atom is -0.494 e. The lowest BCUT2D eigenvalue weighted by atomic mass is 10.2. The molecular formula is C26H34N8O3S. The highest BCUT2D eigenvalue weighted by Gasteiger charge is 2.35. The van der Waals surface area contributed by atoms with Crippen molar-refractivity contribution in [3.63, 3.8) is 0 Å². The first kappa shape index (κ1) is 26.1. The minimum atomic E-state index is -0.149. The van der Waals surface area contributed by atoms with E-state index in [1.165, 1.54) is 11.3 Å². The molecule has 0 unspecified atom stereocenters. The van der Waals surface area contributed by atoms with Crippen LogP contribution >= 0.6 is 11.3 Å². The highest BCUT2D eigenvalue weighted by molar-refractivity contribution is 7.16. The van der Waals surface area contributed by atoms with Gasteiger partial charge in [0.05, 0.1) is 30.6 Å². The monoisotopic (exact) mass is 538 g/mol. The fourth-order valence-corrected chi connectivity index (χ4v) is 5.80. The third-order valence-electron chi connectivity index (χ3n) is 6.87. The van der Waals surface area contributed by atoms with Crippen LogP contribution in [0.15, 0.2) is 24.4 Å². The number of hydrogen-bond acceptors (Lipinski definition) is 11. The number of methoxy groups -OCH3 is 1. The lowest BCUT2D eigenvalue weighted by Crippen LogP contribution is -2.47. The normalized spacial score (nSPS) is 16.0. The van der Waals surface area contributed by atoms with Crippen LogP contribution in [0.1, 0.15) is 29.3 Å². The molecule has 202 valence electrons. The Morgan fingerprint density at radius 3 is 2.63 bits per heavy atom. The van der Waals surface area contributed by atoms with E-state index in [-0.39, 0.29) is 18.6 Å². The molecule has 2 N–H and O–H groups in total.